The Morgan fingerprint density at radius 3 is 2.80 bits per heavy atom. The SMILES string of the molecule is CCC/C(=N\Nc1cc(C=O)ccc1Cl)C(=O)OCC. The molecule has 0 unspecified atom stereocenters. The molecule has 0 bridgehead atoms. The minimum atomic E-state index is -0.454. The maximum absolute atomic E-state index is 11.7. The zero-order valence-electron chi connectivity index (χ0n) is 11.5. The molecule has 1 rings (SSSR count). The van der Waals surface area contributed by atoms with Gasteiger partial charge in [-0.05, 0) is 25.5 Å². The summed E-state index contributed by atoms with van der Waals surface area (Å²) < 4.78 is 4.92. The van der Waals surface area contributed by atoms with Crippen LogP contribution in [0.25, 0.3) is 0 Å². The summed E-state index contributed by atoms with van der Waals surface area (Å²) in [4.78, 5) is 22.4. The lowest BCUT2D eigenvalue weighted by molar-refractivity contribution is -0.135. The van der Waals surface area contributed by atoms with Crippen LogP contribution in [0.4, 0.5) is 5.69 Å². The first-order chi connectivity index (χ1) is 9.62. The number of rotatable bonds is 7. The lowest BCUT2D eigenvalue weighted by Gasteiger charge is -2.07. The Balaban J connectivity index is 2.91. The van der Waals surface area contributed by atoms with E-state index in [1.165, 1.54) is 0 Å². The fourth-order valence-corrected chi connectivity index (χ4v) is 1.64. The maximum atomic E-state index is 11.7. The second-order valence-corrected chi connectivity index (χ2v) is 4.41. The largest absolute Gasteiger partial charge is 0.461 e. The van der Waals surface area contributed by atoms with Crippen molar-refractivity contribution in [3.63, 3.8) is 0 Å². The molecule has 0 radical (unpaired) electrons. The standard InChI is InChI=1S/C14H17ClN2O3/c1-3-5-12(14(19)20-4-2)16-17-13-8-10(9-18)6-7-11(13)15/h6-9,17H,3-5H2,1-2H3/b16-12+. The van der Waals surface area contributed by atoms with Gasteiger partial charge in [0.2, 0.25) is 0 Å². The van der Waals surface area contributed by atoms with Gasteiger partial charge in [-0.15, -0.1) is 0 Å². The van der Waals surface area contributed by atoms with E-state index in [1.807, 2.05) is 6.92 Å². The van der Waals surface area contributed by atoms with Crippen LogP contribution in [0.3, 0.4) is 0 Å². The van der Waals surface area contributed by atoms with Gasteiger partial charge in [0.05, 0.1) is 17.3 Å². The van der Waals surface area contributed by atoms with Gasteiger partial charge in [-0.25, -0.2) is 4.79 Å². The number of carbonyl (C=O) groups excluding carboxylic acids is 2. The normalized spacial score (nSPS) is 11.1. The summed E-state index contributed by atoms with van der Waals surface area (Å²) in [5, 5.41) is 4.45. The second kappa shape index (κ2) is 8.32. The number of esters is 1. The van der Waals surface area contributed by atoms with E-state index >= 15 is 0 Å². The average Bonchev–Trinajstić information content (AvgIpc) is 2.45. The average molecular weight is 297 g/mol. The molecule has 0 aromatic heterocycles. The molecule has 6 heteroatoms. The summed E-state index contributed by atoms with van der Waals surface area (Å²) in [6.07, 6.45) is 1.97. The molecule has 1 aromatic carbocycles. The number of halogens is 1. The molecular formula is C14H17ClN2O3. The number of hydrogen-bond acceptors (Lipinski definition) is 5. The summed E-state index contributed by atoms with van der Waals surface area (Å²) >= 11 is 5.99. The Morgan fingerprint density at radius 1 is 1.45 bits per heavy atom. The van der Waals surface area contributed by atoms with Crippen molar-refractivity contribution in [1.82, 2.24) is 0 Å². The van der Waals surface area contributed by atoms with Crippen LogP contribution in [-0.4, -0.2) is 24.6 Å². The summed E-state index contributed by atoms with van der Waals surface area (Å²) in [5.74, 6) is -0.454. The van der Waals surface area contributed by atoms with E-state index in [2.05, 4.69) is 10.5 Å². The predicted molar refractivity (Wildman–Crippen MR) is 79.4 cm³/mol. The molecule has 0 atom stereocenters. The quantitative estimate of drug-likeness (QED) is 0.363. The molecule has 5 nitrogen and oxygen atoms in total. The smallest absolute Gasteiger partial charge is 0.354 e. The highest BCUT2D eigenvalue weighted by atomic mass is 35.5. The molecule has 1 N–H and O–H groups in total. The van der Waals surface area contributed by atoms with E-state index in [-0.39, 0.29) is 0 Å². The highest BCUT2D eigenvalue weighted by molar-refractivity contribution is 6.36. The van der Waals surface area contributed by atoms with Gasteiger partial charge in [-0.1, -0.05) is 31.0 Å². The first kappa shape index (κ1) is 16.2. The maximum Gasteiger partial charge on any atom is 0.354 e. The number of carbonyl (C=O) groups is 2. The topological polar surface area (TPSA) is 67.8 Å². The summed E-state index contributed by atoms with van der Waals surface area (Å²) in [7, 11) is 0. The van der Waals surface area contributed by atoms with Crippen LogP contribution in [-0.2, 0) is 9.53 Å². The van der Waals surface area contributed by atoms with Gasteiger partial charge in [0, 0.05) is 5.56 Å². The van der Waals surface area contributed by atoms with Crippen LogP contribution in [0.15, 0.2) is 23.3 Å². The van der Waals surface area contributed by atoms with Gasteiger partial charge < -0.3 is 4.74 Å². The highest BCUT2D eigenvalue weighted by Gasteiger charge is 2.12. The predicted octanol–water partition coefficient (Wildman–Crippen LogP) is 3.28. The van der Waals surface area contributed by atoms with Crippen LogP contribution in [0.1, 0.15) is 37.0 Å². The van der Waals surface area contributed by atoms with Crippen molar-refractivity contribution in [1.29, 1.82) is 0 Å². The first-order valence-corrected chi connectivity index (χ1v) is 6.74. The fourth-order valence-electron chi connectivity index (χ4n) is 1.48. The van der Waals surface area contributed by atoms with Crippen molar-refractivity contribution < 1.29 is 14.3 Å². The van der Waals surface area contributed by atoms with Gasteiger partial charge in [0.1, 0.15) is 12.0 Å². The number of aldehydes is 1. The van der Waals surface area contributed by atoms with Crippen LogP contribution >= 0.6 is 11.6 Å². The minimum Gasteiger partial charge on any atom is -0.461 e. The van der Waals surface area contributed by atoms with Crippen LogP contribution in [0.2, 0.25) is 5.02 Å². The Morgan fingerprint density at radius 2 is 2.20 bits per heavy atom. The first-order valence-electron chi connectivity index (χ1n) is 6.36. The molecule has 0 aliphatic rings. The fraction of sp³-hybridized carbons (Fsp3) is 0.357. The third-order valence-corrected chi connectivity index (χ3v) is 2.77. The van der Waals surface area contributed by atoms with E-state index in [0.29, 0.717) is 41.3 Å². The number of hydrazone groups is 1. The third kappa shape index (κ3) is 4.66. The molecule has 0 spiro atoms. The molecule has 1 aromatic rings. The van der Waals surface area contributed by atoms with E-state index in [4.69, 9.17) is 16.3 Å². The Kier molecular flexibility index (Phi) is 6.73. The molecule has 0 saturated carbocycles. The molecule has 20 heavy (non-hydrogen) atoms. The van der Waals surface area contributed by atoms with Crippen molar-refractivity contribution in [3.8, 4) is 0 Å². The highest BCUT2D eigenvalue weighted by Crippen LogP contribution is 2.22. The number of hydrogen-bond donors (Lipinski definition) is 1. The monoisotopic (exact) mass is 296 g/mol. The van der Waals surface area contributed by atoms with E-state index in [1.54, 1.807) is 25.1 Å². The van der Waals surface area contributed by atoms with Crippen LogP contribution in [0.5, 0.6) is 0 Å². The van der Waals surface area contributed by atoms with Crippen LogP contribution in [0, 0.1) is 0 Å². The lowest BCUT2D eigenvalue weighted by Crippen LogP contribution is -2.18. The van der Waals surface area contributed by atoms with Crippen molar-refractivity contribution in [2.45, 2.75) is 26.7 Å². The Bertz CT molecular complexity index is 515. The molecule has 0 fully saturated rings. The number of nitrogens with one attached hydrogen (secondary N) is 1. The number of nitrogens with zero attached hydrogens (tertiary/aromatic N) is 1. The molecule has 0 amide bonds. The molecule has 108 valence electrons. The Labute approximate surface area is 123 Å². The lowest BCUT2D eigenvalue weighted by atomic mass is 10.2. The third-order valence-electron chi connectivity index (χ3n) is 2.44. The van der Waals surface area contributed by atoms with Gasteiger partial charge in [-0.3, -0.25) is 10.2 Å². The summed E-state index contributed by atoms with van der Waals surface area (Å²) in [5.41, 5.74) is 3.94. The van der Waals surface area contributed by atoms with E-state index in [0.717, 1.165) is 6.42 Å². The van der Waals surface area contributed by atoms with Crippen molar-refractivity contribution in [2.75, 3.05) is 12.0 Å². The van der Waals surface area contributed by atoms with Gasteiger partial charge >= 0.3 is 5.97 Å². The minimum absolute atomic E-state index is 0.293. The van der Waals surface area contributed by atoms with Crippen molar-refractivity contribution in [3.05, 3.63) is 28.8 Å². The van der Waals surface area contributed by atoms with Crippen molar-refractivity contribution >= 4 is 35.3 Å². The molecule has 0 aliphatic heterocycles. The van der Waals surface area contributed by atoms with E-state index < -0.39 is 5.97 Å². The molecule has 0 heterocycles. The van der Waals surface area contributed by atoms with Gasteiger partial charge in [-0.2, -0.15) is 5.10 Å². The van der Waals surface area contributed by atoms with Crippen LogP contribution < -0.4 is 5.43 Å². The molecule has 0 saturated heterocycles. The Hall–Kier alpha value is -1.88. The zero-order chi connectivity index (χ0) is 15.0. The van der Waals surface area contributed by atoms with Gasteiger partial charge in [0.15, 0.2) is 0 Å². The summed E-state index contributed by atoms with van der Waals surface area (Å²) in [6, 6.07) is 4.75. The number of benzene rings is 1. The number of ether oxygens (including phenoxy) is 1. The van der Waals surface area contributed by atoms with Gasteiger partial charge in [0.25, 0.3) is 0 Å². The summed E-state index contributed by atoms with van der Waals surface area (Å²) in [6.45, 7) is 3.97. The number of anilines is 1. The van der Waals surface area contributed by atoms with Crippen molar-refractivity contribution in [2.24, 2.45) is 5.10 Å². The zero-order valence-corrected chi connectivity index (χ0v) is 12.2. The molecule has 0 aliphatic carbocycles. The van der Waals surface area contributed by atoms with E-state index in [9.17, 15) is 9.59 Å². The second-order valence-electron chi connectivity index (χ2n) is 4.00. The molecular weight excluding hydrogens is 280 g/mol.